The van der Waals surface area contributed by atoms with Crippen LogP contribution in [0, 0.1) is 5.92 Å². The number of rotatable bonds is 8. The summed E-state index contributed by atoms with van der Waals surface area (Å²) in [4.78, 5) is 41.5. The van der Waals surface area contributed by atoms with Gasteiger partial charge in [-0.05, 0) is 36.6 Å². The summed E-state index contributed by atoms with van der Waals surface area (Å²) in [6.45, 7) is 4.87. The number of para-hydroxylation sites is 1. The highest BCUT2D eigenvalue weighted by Gasteiger charge is 2.15. The summed E-state index contributed by atoms with van der Waals surface area (Å²) in [5.74, 6) is 0.485. The number of furan rings is 1. The maximum absolute atomic E-state index is 12.9. The first-order valence-electron chi connectivity index (χ1n) is 9.66. The van der Waals surface area contributed by atoms with Gasteiger partial charge in [-0.2, -0.15) is 0 Å². The van der Waals surface area contributed by atoms with E-state index >= 15 is 0 Å². The van der Waals surface area contributed by atoms with Crippen molar-refractivity contribution in [1.82, 2.24) is 20.2 Å². The number of hydrogen-bond donors (Lipinski definition) is 2. The number of nitrogens with zero attached hydrogens (tertiary/aromatic N) is 2. The van der Waals surface area contributed by atoms with Crippen molar-refractivity contribution >= 4 is 34.6 Å². The highest BCUT2D eigenvalue weighted by atomic mass is 32.2. The van der Waals surface area contributed by atoms with Crippen molar-refractivity contribution < 1.29 is 14.0 Å². The summed E-state index contributed by atoms with van der Waals surface area (Å²) in [6, 6.07) is 9.97. The number of benzene rings is 1. The second-order valence-corrected chi connectivity index (χ2v) is 8.09. The summed E-state index contributed by atoms with van der Waals surface area (Å²) >= 11 is 1.13. The molecule has 8 nitrogen and oxygen atoms in total. The minimum atomic E-state index is -0.610. The average Bonchev–Trinajstić information content (AvgIpc) is 3.24. The number of nitrogens with one attached hydrogen (secondary N) is 2. The van der Waals surface area contributed by atoms with Crippen molar-refractivity contribution in [3.63, 3.8) is 0 Å². The molecule has 0 atom stereocenters. The highest BCUT2D eigenvalue weighted by Crippen LogP contribution is 2.18. The topological polar surface area (TPSA) is 106 Å². The molecule has 2 heterocycles. The van der Waals surface area contributed by atoms with Gasteiger partial charge in [-0.1, -0.05) is 37.7 Å². The Hall–Kier alpha value is -3.07. The van der Waals surface area contributed by atoms with Crippen LogP contribution in [0.3, 0.4) is 0 Å². The molecule has 2 aromatic heterocycles. The van der Waals surface area contributed by atoms with Crippen molar-refractivity contribution in [3.05, 3.63) is 58.8 Å². The lowest BCUT2D eigenvalue weighted by atomic mass is 10.1. The third-order valence-corrected chi connectivity index (χ3v) is 5.32. The fourth-order valence-corrected chi connectivity index (χ4v) is 3.59. The van der Waals surface area contributed by atoms with Gasteiger partial charge in [0.15, 0.2) is 5.16 Å². The van der Waals surface area contributed by atoms with Gasteiger partial charge in [-0.3, -0.25) is 19.5 Å². The van der Waals surface area contributed by atoms with Gasteiger partial charge in [-0.25, -0.2) is 9.78 Å². The molecule has 0 bridgehead atoms. The minimum Gasteiger partial charge on any atom is -0.467 e. The van der Waals surface area contributed by atoms with Crippen molar-refractivity contribution in [2.24, 2.45) is 5.92 Å². The van der Waals surface area contributed by atoms with Gasteiger partial charge in [0.2, 0.25) is 5.91 Å². The van der Waals surface area contributed by atoms with Crippen LogP contribution in [-0.2, 0) is 17.9 Å². The number of carbonyl (C=O) groups is 2. The molecule has 30 heavy (non-hydrogen) atoms. The normalized spacial score (nSPS) is 11.0. The maximum Gasteiger partial charge on any atom is 0.321 e. The Kier molecular flexibility index (Phi) is 7.29. The third kappa shape index (κ3) is 5.73. The molecule has 2 N–H and O–H groups in total. The predicted octanol–water partition coefficient (Wildman–Crippen LogP) is 3.15. The number of carbonyl (C=O) groups excluding carboxylic acids is 2. The SMILES string of the molecule is CC(C)CCn1c(SCC(=O)NC(=O)NCc2ccco2)nc2ccccc2c1=O. The molecule has 0 aliphatic rings. The molecule has 0 radical (unpaired) electrons. The van der Waals surface area contributed by atoms with Crippen LogP contribution in [-0.4, -0.2) is 27.2 Å². The van der Waals surface area contributed by atoms with E-state index in [9.17, 15) is 14.4 Å². The quantitative estimate of drug-likeness (QED) is 0.422. The molecule has 158 valence electrons. The zero-order valence-electron chi connectivity index (χ0n) is 16.9. The summed E-state index contributed by atoms with van der Waals surface area (Å²) in [7, 11) is 0. The van der Waals surface area contributed by atoms with Crippen LogP contribution in [0.5, 0.6) is 0 Å². The second kappa shape index (κ2) is 10.1. The zero-order valence-corrected chi connectivity index (χ0v) is 17.7. The Labute approximate surface area is 178 Å². The number of hydrogen-bond acceptors (Lipinski definition) is 6. The first kappa shape index (κ1) is 21.6. The summed E-state index contributed by atoms with van der Waals surface area (Å²) in [5, 5.41) is 5.83. The van der Waals surface area contributed by atoms with Crippen molar-refractivity contribution in [1.29, 1.82) is 0 Å². The van der Waals surface area contributed by atoms with Crippen molar-refractivity contribution in [3.8, 4) is 0 Å². The number of thioether (sulfide) groups is 1. The average molecular weight is 429 g/mol. The zero-order chi connectivity index (χ0) is 21.5. The van der Waals surface area contributed by atoms with E-state index in [2.05, 4.69) is 29.5 Å². The first-order valence-corrected chi connectivity index (χ1v) is 10.6. The van der Waals surface area contributed by atoms with Gasteiger partial charge in [0, 0.05) is 6.54 Å². The minimum absolute atomic E-state index is 0.0410. The molecule has 0 fully saturated rings. The number of imide groups is 1. The van der Waals surface area contributed by atoms with E-state index in [1.54, 1.807) is 34.9 Å². The lowest BCUT2D eigenvalue weighted by Gasteiger charge is -2.14. The highest BCUT2D eigenvalue weighted by molar-refractivity contribution is 7.99. The third-order valence-electron chi connectivity index (χ3n) is 4.35. The van der Waals surface area contributed by atoms with Crippen molar-refractivity contribution in [2.45, 2.75) is 38.5 Å². The smallest absolute Gasteiger partial charge is 0.321 e. The molecule has 3 aromatic rings. The molecule has 3 amide bonds. The number of urea groups is 1. The van der Waals surface area contributed by atoms with E-state index in [-0.39, 0.29) is 17.9 Å². The van der Waals surface area contributed by atoms with Gasteiger partial charge in [0.1, 0.15) is 5.76 Å². The van der Waals surface area contributed by atoms with Gasteiger partial charge in [0.05, 0.1) is 29.5 Å². The fourth-order valence-electron chi connectivity index (χ4n) is 2.76. The molecule has 1 aromatic carbocycles. The fraction of sp³-hybridized carbons (Fsp3) is 0.333. The molecule has 0 saturated heterocycles. The molecule has 0 aliphatic heterocycles. The maximum atomic E-state index is 12.9. The van der Waals surface area contributed by atoms with Crippen molar-refractivity contribution in [2.75, 3.05) is 5.75 Å². The molecule has 0 aliphatic carbocycles. The van der Waals surface area contributed by atoms with E-state index in [0.29, 0.717) is 34.3 Å². The Bertz CT molecular complexity index is 1080. The van der Waals surface area contributed by atoms with E-state index in [1.165, 1.54) is 6.26 Å². The molecular formula is C21H24N4O4S. The van der Waals surface area contributed by atoms with E-state index in [1.807, 2.05) is 6.07 Å². The summed E-state index contributed by atoms with van der Waals surface area (Å²) < 4.78 is 6.73. The Morgan fingerprint density at radius 1 is 1.20 bits per heavy atom. The van der Waals surface area contributed by atoms with Crippen LogP contribution in [0.1, 0.15) is 26.0 Å². The largest absolute Gasteiger partial charge is 0.467 e. The van der Waals surface area contributed by atoms with Crippen LogP contribution in [0.15, 0.2) is 57.0 Å². The van der Waals surface area contributed by atoms with Crippen LogP contribution in [0.4, 0.5) is 4.79 Å². The van der Waals surface area contributed by atoms with Crippen LogP contribution >= 0.6 is 11.8 Å². The lowest BCUT2D eigenvalue weighted by Crippen LogP contribution is -2.40. The number of amides is 3. The molecule has 0 spiro atoms. The Morgan fingerprint density at radius 3 is 2.73 bits per heavy atom. The van der Waals surface area contributed by atoms with Gasteiger partial charge >= 0.3 is 6.03 Å². The van der Waals surface area contributed by atoms with Gasteiger partial charge in [0.25, 0.3) is 5.56 Å². The van der Waals surface area contributed by atoms with Gasteiger partial charge < -0.3 is 9.73 Å². The van der Waals surface area contributed by atoms with Crippen LogP contribution in [0.25, 0.3) is 10.9 Å². The standard InChI is InChI=1S/C21H24N4O4S/c1-14(2)9-10-25-19(27)16-7-3-4-8-17(16)23-21(25)30-13-18(26)24-20(28)22-12-15-6-5-11-29-15/h3-8,11,14H,9-10,12-13H2,1-2H3,(H2,22,24,26,28). The second-order valence-electron chi connectivity index (χ2n) is 7.15. The lowest BCUT2D eigenvalue weighted by molar-refractivity contribution is -0.117. The van der Waals surface area contributed by atoms with E-state index < -0.39 is 11.9 Å². The molecule has 9 heteroatoms. The first-order chi connectivity index (χ1) is 14.4. The molecule has 3 rings (SSSR count). The predicted molar refractivity (Wildman–Crippen MR) is 115 cm³/mol. The summed E-state index contributed by atoms with van der Waals surface area (Å²) in [6.07, 6.45) is 2.32. The molecule has 0 unspecified atom stereocenters. The number of aromatic nitrogens is 2. The molecular weight excluding hydrogens is 404 g/mol. The van der Waals surface area contributed by atoms with Crippen LogP contribution < -0.4 is 16.2 Å². The Morgan fingerprint density at radius 2 is 2.00 bits per heavy atom. The number of fused-ring (bicyclic) bond motifs is 1. The summed E-state index contributed by atoms with van der Waals surface area (Å²) in [5.41, 5.74) is 0.461. The Balaban J connectivity index is 1.66. The van der Waals surface area contributed by atoms with Gasteiger partial charge in [-0.15, -0.1) is 0 Å². The van der Waals surface area contributed by atoms with E-state index in [4.69, 9.17) is 4.42 Å². The monoisotopic (exact) mass is 428 g/mol. The molecule has 0 saturated carbocycles. The van der Waals surface area contributed by atoms with E-state index in [0.717, 1.165) is 18.2 Å². The van der Waals surface area contributed by atoms with Crippen LogP contribution in [0.2, 0.25) is 0 Å².